The highest BCUT2D eigenvalue weighted by atomic mass is 35.5. The van der Waals surface area contributed by atoms with E-state index in [0.29, 0.717) is 0 Å². The first-order valence-electron chi connectivity index (χ1n) is 6.96. The molecule has 104 valence electrons. The number of unbranched alkanes of at least 4 members (excludes halogenated alkanes) is 8. The van der Waals surface area contributed by atoms with Crippen molar-refractivity contribution in [1.82, 2.24) is 0 Å². The number of methoxy groups -OCH3 is 2. The van der Waals surface area contributed by atoms with E-state index in [1.54, 1.807) is 14.2 Å². The van der Waals surface area contributed by atoms with Gasteiger partial charge < -0.3 is 9.47 Å². The molecule has 0 bridgehead atoms. The van der Waals surface area contributed by atoms with Crippen LogP contribution in [0.4, 0.5) is 0 Å². The van der Waals surface area contributed by atoms with Gasteiger partial charge in [0.1, 0.15) is 0 Å². The van der Waals surface area contributed by atoms with Crippen molar-refractivity contribution in [2.45, 2.75) is 70.5 Å². The van der Waals surface area contributed by atoms with Crippen molar-refractivity contribution in [2.75, 3.05) is 20.1 Å². The standard InChI is InChI=1S/C14H29ClO2/c1-16-14(17-2)12-10-8-6-4-3-5-7-9-11-13-15/h14H,3-13H2,1-2H3. The van der Waals surface area contributed by atoms with E-state index in [1.165, 1.54) is 57.8 Å². The summed E-state index contributed by atoms with van der Waals surface area (Å²) in [6, 6.07) is 0. The molecule has 0 aromatic rings. The molecule has 0 aliphatic rings. The highest BCUT2D eigenvalue weighted by Gasteiger charge is 2.03. The van der Waals surface area contributed by atoms with Crippen LogP contribution in [0.15, 0.2) is 0 Å². The topological polar surface area (TPSA) is 18.5 Å². The minimum atomic E-state index is -0.00875. The van der Waals surface area contributed by atoms with Crippen LogP contribution in [0.1, 0.15) is 64.2 Å². The molecule has 0 spiro atoms. The predicted molar refractivity (Wildman–Crippen MR) is 74.7 cm³/mol. The van der Waals surface area contributed by atoms with E-state index in [9.17, 15) is 0 Å². The lowest BCUT2D eigenvalue weighted by Gasteiger charge is -2.12. The lowest BCUT2D eigenvalue weighted by Crippen LogP contribution is -2.12. The van der Waals surface area contributed by atoms with E-state index in [2.05, 4.69) is 0 Å². The summed E-state index contributed by atoms with van der Waals surface area (Å²) < 4.78 is 10.3. The molecule has 0 aliphatic carbocycles. The Kier molecular flexibility index (Phi) is 14.4. The number of hydrogen-bond acceptors (Lipinski definition) is 2. The molecule has 0 saturated heterocycles. The van der Waals surface area contributed by atoms with Gasteiger partial charge in [-0.25, -0.2) is 0 Å². The first-order chi connectivity index (χ1) is 8.35. The molecule has 0 amide bonds. The second-order valence-corrected chi connectivity index (χ2v) is 4.94. The van der Waals surface area contributed by atoms with Gasteiger partial charge in [-0.05, 0) is 19.3 Å². The molecular formula is C14H29ClO2. The van der Waals surface area contributed by atoms with Gasteiger partial charge >= 0.3 is 0 Å². The normalized spacial score (nSPS) is 11.3. The zero-order chi connectivity index (χ0) is 12.8. The van der Waals surface area contributed by atoms with E-state index < -0.39 is 0 Å². The largest absolute Gasteiger partial charge is 0.356 e. The Morgan fingerprint density at radius 3 is 1.53 bits per heavy atom. The van der Waals surface area contributed by atoms with Crippen LogP contribution in [0.25, 0.3) is 0 Å². The van der Waals surface area contributed by atoms with Gasteiger partial charge in [-0.1, -0.05) is 44.9 Å². The van der Waals surface area contributed by atoms with Crippen molar-refractivity contribution >= 4 is 11.6 Å². The second kappa shape index (κ2) is 14.3. The van der Waals surface area contributed by atoms with Crippen molar-refractivity contribution in [1.29, 1.82) is 0 Å². The fraction of sp³-hybridized carbons (Fsp3) is 1.00. The van der Waals surface area contributed by atoms with Gasteiger partial charge in [-0.3, -0.25) is 0 Å². The first kappa shape index (κ1) is 17.2. The monoisotopic (exact) mass is 264 g/mol. The highest BCUT2D eigenvalue weighted by Crippen LogP contribution is 2.12. The molecule has 0 atom stereocenters. The molecule has 0 saturated carbocycles. The van der Waals surface area contributed by atoms with Crippen molar-refractivity contribution in [3.8, 4) is 0 Å². The third-order valence-electron chi connectivity index (χ3n) is 3.10. The minimum absolute atomic E-state index is 0.00875. The Morgan fingerprint density at radius 2 is 1.12 bits per heavy atom. The molecule has 0 aliphatic heterocycles. The molecule has 2 nitrogen and oxygen atoms in total. The van der Waals surface area contributed by atoms with Gasteiger partial charge in [0.15, 0.2) is 6.29 Å². The molecule has 0 unspecified atom stereocenters. The summed E-state index contributed by atoms with van der Waals surface area (Å²) in [5.74, 6) is 0.820. The van der Waals surface area contributed by atoms with Crippen LogP contribution in [0.2, 0.25) is 0 Å². The third-order valence-corrected chi connectivity index (χ3v) is 3.37. The number of alkyl halides is 1. The smallest absolute Gasteiger partial charge is 0.156 e. The van der Waals surface area contributed by atoms with Crippen molar-refractivity contribution in [3.05, 3.63) is 0 Å². The Balaban J connectivity index is 3.03. The minimum Gasteiger partial charge on any atom is -0.356 e. The average Bonchev–Trinajstić information content (AvgIpc) is 2.36. The predicted octanol–water partition coefficient (Wildman–Crippen LogP) is 4.75. The lowest BCUT2D eigenvalue weighted by atomic mass is 10.1. The Morgan fingerprint density at radius 1 is 0.706 bits per heavy atom. The number of rotatable bonds is 13. The Hall–Kier alpha value is 0.210. The zero-order valence-electron chi connectivity index (χ0n) is 11.5. The number of halogens is 1. The summed E-state index contributed by atoms with van der Waals surface area (Å²) in [6.07, 6.45) is 12.8. The quantitative estimate of drug-likeness (QED) is 0.272. The van der Waals surface area contributed by atoms with E-state index in [-0.39, 0.29) is 6.29 Å². The maximum atomic E-state index is 5.63. The molecule has 0 radical (unpaired) electrons. The lowest BCUT2D eigenvalue weighted by molar-refractivity contribution is -0.107. The second-order valence-electron chi connectivity index (χ2n) is 4.56. The van der Waals surface area contributed by atoms with Crippen LogP contribution in [0, 0.1) is 0 Å². The molecule has 0 rings (SSSR count). The summed E-state index contributed by atoms with van der Waals surface area (Å²) in [6.45, 7) is 0. The van der Waals surface area contributed by atoms with Crippen LogP contribution in [0.3, 0.4) is 0 Å². The van der Waals surface area contributed by atoms with Crippen LogP contribution < -0.4 is 0 Å². The zero-order valence-corrected chi connectivity index (χ0v) is 12.3. The summed E-state index contributed by atoms with van der Waals surface area (Å²) in [5.41, 5.74) is 0. The molecule has 17 heavy (non-hydrogen) atoms. The van der Waals surface area contributed by atoms with E-state index in [0.717, 1.165) is 12.3 Å². The molecule has 0 aromatic carbocycles. The van der Waals surface area contributed by atoms with Crippen LogP contribution in [-0.4, -0.2) is 26.4 Å². The van der Waals surface area contributed by atoms with Gasteiger partial charge in [-0.15, -0.1) is 11.6 Å². The summed E-state index contributed by atoms with van der Waals surface area (Å²) in [7, 11) is 3.41. The van der Waals surface area contributed by atoms with Crippen LogP contribution in [-0.2, 0) is 9.47 Å². The molecule has 0 N–H and O–H groups in total. The maximum Gasteiger partial charge on any atom is 0.156 e. The highest BCUT2D eigenvalue weighted by molar-refractivity contribution is 6.17. The van der Waals surface area contributed by atoms with Gasteiger partial charge in [0.05, 0.1) is 0 Å². The van der Waals surface area contributed by atoms with Crippen molar-refractivity contribution in [2.24, 2.45) is 0 Å². The summed E-state index contributed by atoms with van der Waals surface area (Å²) in [5, 5.41) is 0. The van der Waals surface area contributed by atoms with E-state index in [1.807, 2.05) is 0 Å². The van der Waals surface area contributed by atoms with Crippen molar-refractivity contribution in [3.63, 3.8) is 0 Å². The SMILES string of the molecule is COC(CCCCCCCCCCCCl)OC. The number of hydrogen-bond donors (Lipinski definition) is 0. The molecule has 0 heterocycles. The fourth-order valence-corrected chi connectivity index (χ4v) is 2.16. The molecular weight excluding hydrogens is 236 g/mol. The Labute approximate surface area is 112 Å². The average molecular weight is 265 g/mol. The first-order valence-corrected chi connectivity index (χ1v) is 7.50. The molecule has 0 aromatic heterocycles. The van der Waals surface area contributed by atoms with Crippen LogP contribution >= 0.6 is 11.6 Å². The van der Waals surface area contributed by atoms with Gasteiger partial charge in [-0.2, -0.15) is 0 Å². The van der Waals surface area contributed by atoms with E-state index in [4.69, 9.17) is 21.1 Å². The van der Waals surface area contributed by atoms with Gasteiger partial charge in [0.2, 0.25) is 0 Å². The maximum absolute atomic E-state index is 5.63. The Bertz CT molecular complexity index is 138. The number of ether oxygens (including phenoxy) is 2. The molecule has 0 fully saturated rings. The van der Waals surface area contributed by atoms with E-state index >= 15 is 0 Å². The van der Waals surface area contributed by atoms with Gasteiger partial charge in [0, 0.05) is 20.1 Å². The third kappa shape index (κ3) is 12.5. The summed E-state index contributed by atoms with van der Waals surface area (Å²) >= 11 is 5.63. The van der Waals surface area contributed by atoms with Crippen molar-refractivity contribution < 1.29 is 9.47 Å². The van der Waals surface area contributed by atoms with Gasteiger partial charge in [0.25, 0.3) is 0 Å². The summed E-state index contributed by atoms with van der Waals surface area (Å²) in [4.78, 5) is 0. The molecule has 3 heteroatoms. The van der Waals surface area contributed by atoms with Crippen LogP contribution in [0.5, 0.6) is 0 Å². The fourth-order valence-electron chi connectivity index (χ4n) is 1.97.